The third kappa shape index (κ3) is 2.52. The quantitative estimate of drug-likeness (QED) is 0.863. The second-order valence-electron chi connectivity index (χ2n) is 5.85. The highest BCUT2D eigenvalue weighted by Gasteiger charge is 2.38. The van der Waals surface area contributed by atoms with Crippen molar-refractivity contribution in [1.82, 2.24) is 10.6 Å². The van der Waals surface area contributed by atoms with Crippen LogP contribution in [0.25, 0.3) is 0 Å². The molecular weight excluding hydrogens is 236 g/mol. The monoisotopic (exact) mass is 258 g/mol. The van der Waals surface area contributed by atoms with E-state index in [-0.39, 0.29) is 5.91 Å². The second kappa shape index (κ2) is 5.33. The topological polar surface area (TPSA) is 41.1 Å². The molecule has 0 aliphatic heterocycles. The lowest BCUT2D eigenvalue weighted by Crippen LogP contribution is -2.43. The third-order valence-corrected chi connectivity index (χ3v) is 4.78. The number of fused-ring (bicyclic) bond motifs is 3. The number of hydrogen-bond donors (Lipinski definition) is 2. The molecule has 1 saturated carbocycles. The standard InChI is InChI=1S/C16H22N2O/c1-17-15(19)10-18-16-13-6-7-14(16)9-12-5-3-2-4-11(12)8-13/h2-5,13-14,16,18H,6-10H2,1H3,(H,17,19). The second-order valence-corrected chi connectivity index (χ2v) is 5.85. The van der Waals surface area contributed by atoms with Gasteiger partial charge in [0.25, 0.3) is 0 Å². The van der Waals surface area contributed by atoms with Gasteiger partial charge in [0.1, 0.15) is 0 Å². The van der Waals surface area contributed by atoms with Crippen LogP contribution in [0.3, 0.4) is 0 Å². The molecule has 3 rings (SSSR count). The van der Waals surface area contributed by atoms with E-state index in [1.807, 2.05) is 0 Å². The van der Waals surface area contributed by atoms with Crippen molar-refractivity contribution >= 4 is 5.91 Å². The van der Waals surface area contributed by atoms with Gasteiger partial charge in [-0.05, 0) is 48.6 Å². The van der Waals surface area contributed by atoms with E-state index >= 15 is 0 Å². The van der Waals surface area contributed by atoms with E-state index in [2.05, 4.69) is 34.9 Å². The van der Waals surface area contributed by atoms with E-state index < -0.39 is 0 Å². The van der Waals surface area contributed by atoms with Crippen molar-refractivity contribution < 1.29 is 4.79 Å². The maximum absolute atomic E-state index is 11.4. The van der Waals surface area contributed by atoms with E-state index in [0.29, 0.717) is 24.4 Å². The van der Waals surface area contributed by atoms with Crippen molar-refractivity contribution in [3.8, 4) is 0 Å². The number of nitrogens with one attached hydrogen (secondary N) is 2. The molecule has 19 heavy (non-hydrogen) atoms. The summed E-state index contributed by atoms with van der Waals surface area (Å²) in [6.45, 7) is 0.449. The first kappa shape index (κ1) is 12.7. The summed E-state index contributed by atoms with van der Waals surface area (Å²) < 4.78 is 0. The van der Waals surface area contributed by atoms with Crippen LogP contribution < -0.4 is 10.6 Å². The molecule has 102 valence electrons. The maximum Gasteiger partial charge on any atom is 0.233 e. The molecular formula is C16H22N2O. The van der Waals surface area contributed by atoms with Gasteiger partial charge in [-0.1, -0.05) is 24.3 Å². The van der Waals surface area contributed by atoms with Crippen molar-refractivity contribution in [3.05, 3.63) is 35.4 Å². The van der Waals surface area contributed by atoms with Crippen molar-refractivity contribution in [2.45, 2.75) is 31.7 Å². The minimum atomic E-state index is 0.0844. The zero-order valence-corrected chi connectivity index (χ0v) is 11.5. The van der Waals surface area contributed by atoms with Crippen molar-refractivity contribution in [2.24, 2.45) is 11.8 Å². The molecule has 2 N–H and O–H groups in total. The molecule has 0 radical (unpaired) electrons. The summed E-state index contributed by atoms with van der Waals surface area (Å²) in [6.07, 6.45) is 4.92. The smallest absolute Gasteiger partial charge is 0.233 e. The van der Waals surface area contributed by atoms with Crippen LogP contribution in [-0.4, -0.2) is 25.5 Å². The maximum atomic E-state index is 11.4. The van der Waals surface area contributed by atoms with Crippen LogP contribution in [0.1, 0.15) is 24.0 Å². The van der Waals surface area contributed by atoms with Gasteiger partial charge in [0.2, 0.25) is 5.91 Å². The fourth-order valence-electron chi connectivity index (χ4n) is 3.78. The lowest BCUT2D eigenvalue weighted by atomic mass is 9.94. The van der Waals surface area contributed by atoms with Gasteiger partial charge in [-0.3, -0.25) is 4.79 Å². The van der Waals surface area contributed by atoms with Crippen LogP contribution in [0.2, 0.25) is 0 Å². The highest BCUT2D eigenvalue weighted by Crippen LogP contribution is 2.39. The normalized spacial score (nSPS) is 28.6. The summed E-state index contributed by atoms with van der Waals surface area (Å²) in [5.74, 6) is 1.47. The van der Waals surface area contributed by atoms with Gasteiger partial charge in [-0.25, -0.2) is 0 Å². The molecule has 2 atom stereocenters. The average Bonchev–Trinajstić information content (AvgIpc) is 2.70. The Morgan fingerprint density at radius 3 is 2.26 bits per heavy atom. The van der Waals surface area contributed by atoms with Crippen molar-refractivity contribution in [2.75, 3.05) is 13.6 Å². The minimum absolute atomic E-state index is 0.0844. The first-order valence-corrected chi connectivity index (χ1v) is 7.28. The highest BCUT2D eigenvalue weighted by atomic mass is 16.1. The number of hydrogen-bond acceptors (Lipinski definition) is 2. The molecule has 2 aliphatic carbocycles. The average molecular weight is 258 g/mol. The van der Waals surface area contributed by atoms with Gasteiger partial charge >= 0.3 is 0 Å². The molecule has 0 aromatic heterocycles. The van der Waals surface area contributed by atoms with Gasteiger partial charge < -0.3 is 10.6 Å². The minimum Gasteiger partial charge on any atom is -0.358 e. The Kier molecular flexibility index (Phi) is 3.56. The molecule has 1 aromatic carbocycles. The predicted molar refractivity (Wildman–Crippen MR) is 75.9 cm³/mol. The van der Waals surface area contributed by atoms with E-state index in [0.717, 1.165) is 12.8 Å². The molecule has 1 fully saturated rings. The van der Waals surface area contributed by atoms with E-state index in [4.69, 9.17) is 0 Å². The Bertz CT molecular complexity index is 439. The summed E-state index contributed by atoms with van der Waals surface area (Å²) in [7, 11) is 1.70. The van der Waals surface area contributed by atoms with E-state index in [1.54, 1.807) is 7.05 Å². The predicted octanol–water partition coefficient (Wildman–Crippen LogP) is 1.52. The number of benzene rings is 1. The first-order chi connectivity index (χ1) is 9.28. The van der Waals surface area contributed by atoms with Crippen LogP contribution in [0.5, 0.6) is 0 Å². The fraction of sp³-hybridized carbons (Fsp3) is 0.562. The zero-order valence-electron chi connectivity index (χ0n) is 11.5. The van der Waals surface area contributed by atoms with Gasteiger partial charge in [0.15, 0.2) is 0 Å². The Morgan fingerprint density at radius 2 is 1.74 bits per heavy atom. The Morgan fingerprint density at radius 1 is 1.16 bits per heavy atom. The largest absolute Gasteiger partial charge is 0.358 e. The summed E-state index contributed by atoms with van der Waals surface area (Å²) in [6, 6.07) is 9.33. The van der Waals surface area contributed by atoms with Crippen LogP contribution in [-0.2, 0) is 17.6 Å². The molecule has 3 heteroatoms. The molecule has 0 spiro atoms. The molecule has 2 bridgehead atoms. The van der Waals surface area contributed by atoms with Gasteiger partial charge in [-0.2, -0.15) is 0 Å². The molecule has 3 nitrogen and oxygen atoms in total. The fourth-order valence-corrected chi connectivity index (χ4v) is 3.78. The summed E-state index contributed by atoms with van der Waals surface area (Å²) >= 11 is 0. The van der Waals surface area contributed by atoms with E-state index in [9.17, 15) is 4.79 Å². The number of carbonyl (C=O) groups excluding carboxylic acids is 1. The van der Waals surface area contributed by atoms with Crippen molar-refractivity contribution in [3.63, 3.8) is 0 Å². The molecule has 0 heterocycles. The Labute approximate surface area is 114 Å². The number of amides is 1. The lowest BCUT2D eigenvalue weighted by molar-refractivity contribution is -0.119. The zero-order chi connectivity index (χ0) is 13.2. The van der Waals surface area contributed by atoms with Crippen molar-refractivity contribution in [1.29, 1.82) is 0 Å². The van der Waals surface area contributed by atoms with Gasteiger partial charge in [-0.15, -0.1) is 0 Å². The first-order valence-electron chi connectivity index (χ1n) is 7.28. The number of rotatable bonds is 3. The molecule has 2 aliphatic rings. The summed E-state index contributed by atoms with van der Waals surface area (Å²) in [4.78, 5) is 11.4. The van der Waals surface area contributed by atoms with Crippen LogP contribution in [0.15, 0.2) is 24.3 Å². The Balaban J connectivity index is 1.74. The third-order valence-electron chi connectivity index (χ3n) is 4.78. The lowest BCUT2D eigenvalue weighted by Gasteiger charge is -2.23. The summed E-state index contributed by atoms with van der Waals surface area (Å²) in [5.41, 5.74) is 3.03. The van der Waals surface area contributed by atoms with Crippen LogP contribution in [0.4, 0.5) is 0 Å². The molecule has 1 amide bonds. The summed E-state index contributed by atoms with van der Waals surface area (Å²) in [5, 5.41) is 6.18. The number of carbonyl (C=O) groups is 1. The van der Waals surface area contributed by atoms with Crippen LogP contribution in [0, 0.1) is 11.8 Å². The molecule has 2 unspecified atom stereocenters. The van der Waals surface area contributed by atoms with Gasteiger partial charge in [0.05, 0.1) is 6.54 Å². The van der Waals surface area contributed by atoms with E-state index in [1.165, 1.54) is 24.0 Å². The molecule has 0 saturated heterocycles. The van der Waals surface area contributed by atoms with Crippen LogP contribution >= 0.6 is 0 Å². The Hall–Kier alpha value is -1.35. The highest BCUT2D eigenvalue weighted by molar-refractivity contribution is 5.77. The SMILES string of the molecule is CNC(=O)CNC1C2CCC1Cc1ccccc1C2. The molecule has 1 aromatic rings. The number of likely N-dealkylation sites (N-methyl/N-ethyl adjacent to an activating group) is 1. The van der Waals surface area contributed by atoms with Gasteiger partial charge in [0, 0.05) is 13.1 Å².